The fraction of sp³-hybridized carbons (Fsp3) is 0.455. The highest BCUT2D eigenvalue weighted by molar-refractivity contribution is 5.85. The Hall–Kier alpha value is -1.51. The zero-order chi connectivity index (χ0) is 17.5. The minimum atomic E-state index is 0. The standard InChI is InChI=1S/C22H31NO.ClH/c1-17(2)24-22-11-7-10-20(16-22)21(12-13-23(4)5)15-19-9-6-8-18(3)14-19;/h6-11,14,16-17,21H,12-13,15H2,1-5H3;1H/p+1. The molecule has 138 valence electrons. The number of nitrogens with one attached hydrogen (secondary N) is 1. The van der Waals surface area contributed by atoms with Crippen molar-refractivity contribution in [3.05, 3.63) is 65.2 Å². The molecule has 0 aliphatic rings. The van der Waals surface area contributed by atoms with Crippen molar-refractivity contribution in [1.82, 2.24) is 0 Å². The average Bonchev–Trinajstić information content (AvgIpc) is 2.51. The predicted octanol–water partition coefficient (Wildman–Crippen LogP) is 4.06. The molecular formula is C22H33ClNO+. The Morgan fingerprint density at radius 2 is 1.72 bits per heavy atom. The van der Waals surface area contributed by atoms with E-state index in [1.54, 1.807) is 0 Å². The molecule has 0 saturated heterocycles. The first-order valence-electron chi connectivity index (χ1n) is 9.05. The molecule has 2 aromatic rings. The summed E-state index contributed by atoms with van der Waals surface area (Å²) in [5.74, 6) is 1.51. The zero-order valence-corrected chi connectivity index (χ0v) is 17.0. The third kappa shape index (κ3) is 7.50. The van der Waals surface area contributed by atoms with Crippen LogP contribution in [-0.2, 0) is 6.42 Å². The summed E-state index contributed by atoms with van der Waals surface area (Å²) in [6.45, 7) is 7.49. The van der Waals surface area contributed by atoms with Crippen molar-refractivity contribution in [3.8, 4) is 5.75 Å². The fourth-order valence-corrected chi connectivity index (χ4v) is 3.09. The van der Waals surface area contributed by atoms with Gasteiger partial charge in [0.1, 0.15) is 5.75 Å². The lowest BCUT2D eigenvalue weighted by Gasteiger charge is -2.20. The van der Waals surface area contributed by atoms with Gasteiger partial charge in [0.2, 0.25) is 0 Å². The van der Waals surface area contributed by atoms with E-state index < -0.39 is 0 Å². The topological polar surface area (TPSA) is 13.7 Å². The number of rotatable bonds is 8. The molecule has 0 saturated carbocycles. The highest BCUT2D eigenvalue weighted by Gasteiger charge is 2.15. The number of hydrogen-bond acceptors (Lipinski definition) is 1. The molecule has 2 aromatic carbocycles. The van der Waals surface area contributed by atoms with Crippen LogP contribution in [0.3, 0.4) is 0 Å². The number of benzene rings is 2. The average molecular weight is 363 g/mol. The van der Waals surface area contributed by atoms with Gasteiger partial charge in [-0.2, -0.15) is 0 Å². The van der Waals surface area contributed by atoms with Gasteiger partial charge in [-0.15, -0.1) is 12.4 Å². The van der Waals surface area contributed by atoms with Crippen molar-refractivity contribution < 1.29 is 9.64 Å². The van der Waals surface area contributed by atoms with Crippen LogP contribution in [0.4, 0.5) is 0 Å². The molecule has 1 unspecified atom stereocenters. The second kappa shape index (κ2) is 10.5. The van der Waals surface area contributed by atoms with Gasteiger partial charge in [0.15, 0.2) is 0 Å². The monoisotopic (exact) mass is 362 g/mol. The van der Waals surface area contributed by atoms with Crippen LogP contribution in [0.1, 0.15) is 42.9 Å². The van der Waals surface area contributed by atoms with E-state index in [0.29, 0.717) is 5.92 Å². The SMILES string of the molecule is Cc1cccc(CC(CC[NH+](C)C)c2cccc(OC(C)C)c2)c1.Cl. The molecule has 0 bridgehead atoms. The summed E-state index contributed by atoms with van der Waals surface area (Å²) in [5.41, 5.74) is 4.14. The quantitative estimate of drug-likeness (QED) is 0.747. The minimum absolute atomic E-state index is 0. The van der Waals surface area contributed by atoms with E-state index in [1.165, 1.54) is 34.6 Å². The molecule has 0 radical (unpaired) electrons. The van der Waals surface area contributed by atoms with Crippen LogP contribution < -0.4 is 9.64 Å². The lowest BCUT2D eigenvalue weighted by molar-refractivity contribution is -0.858. The Bertz CT molecular complexity index is 639. The predicted molar refractivity (Wildman–Crippen MR) is 109 cm³/mol. The Balaban J connectivity index is 0.00000312. The normalized spacial score (nSPS) is 12.1. The molecular weight excluding hydrogens is 330 g/mol. The Labute approximate surface area is 159 Å². The smallest absolute Gasteiger partial charge is 0.119 e. The second-order valence-corrected chi connectivity index (χ2v) is 7.37. The first-order chi connectivity index (χ1) is 11.4. The van der Waals surface area contributed by atoms with Gasteiger partial charge in [-0.25, -0.2) is 0 Å². The Morgan fingerprint density at radius 1 is 1.00 bits per heavy atom. The summed E-state index contributed by atoms with van der Waals surface area (Å²) in [5, 5.41) is 0. The summed E-state index contributed by atoms with van der Waals surface area (Å²) in [4.78, 5) is 1.50. The van der Waals surface area contributed by atoms with Gasteiger partial charge in [-0.05, 0) is 56.4 Å². The van der Waals surface area contributed by atoms with E-state index in [-0.39, 0.29) is 18.5 Å². The first-order valence-corrected chi connectivity index (χ1v) is 9.05. The summed E-state index contributed by atoms with van der Waals surface area (Å²) in [6.07, 6.45) is 2.48. The van der Waals surface area contributed by atoms with Crippen molar-refractivity contribution in [3.63, 3.8) is 0 Å². The fourth-order valence-electron chi connectivity index (χ4n) is 3.09. The molecule has 0 spiro atoms. The van der Waals surface area contributed by atoms with Crippen LogP contribution in [0.15, 0.2) is 48.5 Å². The summed E-state index contributed by atoms with van der Waals surface area (Å²) in [6, 6.07) is 17.5. The molecule has 0 aromatic heterocycles. The molecule has 2 rings (SSSR count). The second-order valence-electron chi connectivity index (χ2n) is 7.37. The highest BCUT2D eigenvalue weighted by atomic mass is 35.5. The van der Waals surface area contributed by atoms with Crippen molar-refractivity contribution in [2.24, 2.45) is 0 Å². The molecule has 0 fully saturated rings. The van der Waals surface area contributed by atoms with Crippen molar-refractivity contribution in [2.75, 3.05) is 20.6 Å². The third-order valence-corrected chi connectivity index (χ3v) is 4.26. The van der Waals surface area contributed by atoms with Crippen LogP contribution >= 0.6 is 12.4 Å². The number of aryl methyl sites for hydroxylation is 1. The lowest BCUT2D eigenvalue weighted by Crippen LogP contribution is -3.05. The zero-order valence-electron chi connectivity index (χ0n) is 16.2. The van der Waals surface area contributed by atoms with Gasteiger partial charge >= 0.3 is 0 Å². The summed E-state index contributed by atoms with van der Waals surface area (Å²) in [7, 11) is 4.45. The number of ether oxygens (including phenoxy) is 1. The van der Waals surface area contributed by atoms with Crippen LogP contribution in [0.25, 0.3) is 0 Å². The number of halogens is 1. The minimum Gasteiger partial charge on any atom is -0.491 e. The van der Waals surface area contributed by atoms with Crippen LogP contribution in [-0.4, -0.2) is 26.7 Å². The van der Waals surface area contributed by atoms with Gasteiger partial charge in [0, 0.05) is 6.42 Å². The largest absolute Gasteiger partial charge is 0.491 e. The van der Waals surface area contributed by atoms with Crippen molar-refractivity contribution >= 4 is 12.4 Å². The molecule has 0 aliphatic heterocycles. The molecule has 2 nitrogen and oxygen atoms in total. The summed E-state index contributed by atoms with van der Waals surface area (Å²) < 4.78 is 5.89. The Morgan fingerprint density at radius 3 is 2.36 bits per heavy atom. The van der Waals surface area contributed by atoms with Gasteiger partial charge in [0.05, 0.1) is 26.7 Å². The van der Waals surface area contributed by atoms with Crippen molar-refractivity contribution in [2.45, 2.75) is 45.6 Å². The molecule has 0 amide bonds. The van der Waals surface area contributed by atoms with Crippen LogP contribution in [0.5, 0.6) is 5.75 Å². The van der Waals surface area contributed by atoms with E-state index in [2.05, 4.69) is 83.4 Å². The maximum Gasteiger partial charge on any atom is 0.119 e. The maximum atomic E-state index is 5.89. The van der Waals surface area contributed by atoms with E-state index in [0.717, 1.165) is 12.2 Å². The van der Waals surface area contributed by atoms with E-state index in [9.17, 15) is 0 Å². The van der Waals surface area contributed by atoms with Crippen LogP contribution in [0.2, 0.25) is 0 Å². The van der Waals surface area contributed by atoms with Gasteiger partial charge in [0.25, 0.3) is 0 Å². The molecule has 1 atom stereocenters. The van der Waals surface area contributed by atoms with Crippen LogP contribution in [0, 0.1) is 6.92 Å². The van der Waals surface area contributed by atoms with E-state index in [1.807, 2.05) is 0 Å². The number of hydrogen-bond donors (Lipinski definition) is 1. The number of quaternary nitrogens is 1. The van der Waals surface area contributed by atoms with Gasteiger partial charge in [-0.3, -0.25) is 0 Å². The Kier molecular flexibility index (Phi) is 9.02. The maximum absolute atomic E-state index is 5.89. The van der Waals surface area contributed by atoms with Gasteiger partial charge < -0.3 is 9.64 Å². The molecule has 0 heterocycles. The van der Waals surface area contributed by atoms with Gasteiger partial charge in [-0.1, -0.05) is 42.0 Å². The molecule has 1 N–H and O–H groups in total. The lowest BCUT2D eigenvalue weighted by atomic mass is 9.88. The summed E-state index contributed by atoms with van der Waals surface area (Å²) >= 11 is 0. The molecule has 25 heavy (non-hydrogen) atoms. The first kappa shape index (κ1) is 21.5. The van der Waals surface area contributed by atoms with E-state index in [4.69, 9.17) is 4.74 Å². The van der Waals surface area contributed by atoms with E-state index >= 15 is 0 Å². The van der Waals surface area contributed by atoms with Crippen molar-refractivity contribution in [1.29, 1.82) is 0 Å². The third-order valence-electron chi connectivity index (χ3n) is 4.26. The highest BCUT2D eigenvalue weighted by Crippen LogP contribution is 2.27. The molecule has 3 heteroatoms. The molecule has 0 aliphatic carbocycles.